The smallest absolute Gasteiger partial charge is 0.221 e. The van der Waals surface area contributed by atoms with Crippen molar-refractivity contribution in [3.05, 3.63) is 35.9 Å². The second-order valence-corrected chi connectivity index (χ2v) is 4.89. The standard InChI is InChI=1S/C15H25N3O/c1-18(2)13-12-17-15(19)9-11-16-10-8-14-6-4-3-5-7-14/h3-7,16H,8-13H2,1-2H3,(H,17,19). The first-order valence-electron chi connectivity index (χ1n) is 6.84. The molecule has 1 aromatic carbocycles. The molecular weight excluding hydrogens is 238 g/mol. The molecule has 0 unspecified atom stereocenters. The number of carbonyl (C=O) groups is 1. The Morgan fingerprint density at radius 2 is 1.84 bits per heavy atom. The number of hydrogen-bond donors (Lipinski definition) is 2. The Kier molecular flexibility index (Phi) is 7.86. The Morgan fingerprint density at radius 1 is 1.11 bits per heavy atom. The minimum absolute atomic E-state index is 0.120. The van der Waals surface area contributed by atoms with E-state index in [1.807, 2.05) is 32.3 Å². The van der Waals surface area contributed by atoms with Crippen molar-refractivity contribution in [1.82, 2.24) is 15.5 Å². The molecule has 0 heterocycles. The van der Waals surface area contributed by atoms with Gasteiger partial charge in [-0.3, -0.25) is 4.79 Å². The zero-order valence-corrected chi connectivity index (χ0v) is 12.0. The van der Waals surface area contributed by atoms with Gasteiger partial charge in [0.25, 0.3) is 0 Å². The topological polar surface area (TPSA) is 44.4 Å². The summed E-state index contributed by atoms with van der Waals surface area (Å²) in [4.78, 5) is 13.5. The van der Waals surface area contributed by atoms with E-state index in [9.17, 15) is 4.79 Å². The molecule has 1 amide bonds. The van der Waals surface area contributed by atoms with Gasteiger partial charge in [-0.25, -0.2) is 0 Å². The molecular formula is C15H25N3O. The van der Waals surface area contributed by atoms with Crippen molar-refractivity contribution in [2.75, 3.05) is 40.3 Å². The molecule has 0 atom stereocenters. The molecule has 0 fully saturated rings. The number of benzene rings is 1. The molecule has 0 aliphatic rings. The molecule has 4 nitrogen and oxygen atoms in total. The first-order chi connectivity index (χ1) is 9.18. The van der Waals surface area contributed by atoms with Crippen LogP contribution >= 0.6 is 0 Å². The van der Waals surface area contributed by atoms with Crippen LogP contribution < -0.4 is 10.6 Å². The normalized spacial score (nSPS) is 10.7. The number of amides is 1. The summed E-state index contributed by atoms with van der Waals surface area (Å²) >= 11 is 0. The van der Waals surface area contributed by atoms with Gasteiger partial charge in [-0.1, -0.05) is 30.3 Å². The third kappa shape index (κ3) is 8.35. The van der Waals surface area contributed by atoms with Crippen LogP contribution in [-0.2, 0) is 11.2 Å². The first-order valence-corrected chi connectivity index (χ1v) is 6.84. The Balaban J connectivity index is 1.97. The summed E-state index contributed by atoms with van der Waals surface area (Å²) in [5.41, 5.74) is 1.32. The fraction of sp³-hybridized carbons (Fsp3) is 0.533. The van der Waals surface area contributed by atoms with Crippen molar-refractivity contribution in [3.63, 3.8) is 0 Å². The fourth-order valence-electron chi connectivity index (χ4n) is 1.71. The van der Waals surface area contributed by atoms with E-state index in [4.69, 9.17) is 0 Å². The van der Waals surface area contributed by atoms with Gasteiger partial charge in [-0.15, -0.1) is 0 Å². The molecule has 1 rings (SSSR count). The van der Waals surface area contributed by atoms with Crippen LogP contribution in [0.4, 0.5) is 0 Å². The average molecular weight is 263 g/mol. The molecule has 0 aliphatic heterocycles. The lowest BCUT2D eigenvalue weighted by atomic mass is 10.1. The van der Waals surface area contributed by atoms with E-state index in [0.29, 0.717) is 6.42 Å². The Hall–Kier alpha value is -1.39. The second-order valence-electron chi connectivity index (χ2n) is 4.89. The molecule has 4 heteroatoms. The zero-order chi connectivity index (χ0) is 13.9. The number of carbonyl (C=O) groups excluding carboxylic acids is 1. The van der Waals surface area contributed by atoms with Gasteiger partial charge in [0.05, 0.1) is 0 Å². The number of nitrogens with one attached hydrogen (secondary N) is 2. The molecule has 0 bridgehead atoms. The first kappa shape index (κ1) is 15.7. The van der Waals surface area contributed by atoms with E-state index in [1.165, 1.54) is 5.56 Å². The van der Waals surface area contributed by atoms with Gasteiger partial charge in [0.1, 0.15) is 0 Å². The lowest BCUT2D eigenvalue weighted by molar-refractivity contribution is -0.121. The molecule has 106 valence electrons. The highest BCUT2D eigenvalue weighted by atomic mass is 16.1. The van der Waals surface area contributed by atoms with Crippen LogP contribution in [0.15, 0.2) is 30.3 Å². The molecule has 0 saturated heterocycles. The average Bonchev–Trinajstić information content (AvgIpc) is 2.39. The molecule has 0 aliphatic carbocycles. The van der Waals surface area contributed by atoms with Crippen molar-refractivity contribution in [2.24, 2.45) is 0 Å². The van der Waals surface area contributed by atoms with Gasteiger partial charge >= 0.3 is 0 Å². The maximum atomic E-state index is 11.5. The molecule has 0 saturated carbocycles. The Morgan fingerprint density at radius 3 is 2.53 bits per heavy atom. The largest absolute Gasteiger partial charge is 0.355 e. The SMILES string of the molecule is CN(C)CCNC(=O)CCNCCc1ccccc1. The molecule has 0 spiro atoms. The zero-order valence-electron chi connectivity index (χ0n) is 12.0. The van der Waals surface area contributed by atoms with Crippen molar-refractivity contribution in [1.29, 1.82) is 0 Å². The van der Waals surface area contributed by atoms with Crippen LogP contribution in [0.1, 0.15) is 12.0 Å². The van der Waals surface area contributed by atoms with Crippen LogP contribution in [-0.4, -0.2) is 51.1 Å². The van der Waals surface area contributed by atoms with Gasteiger partial charge in [0.15, 0.2) is 0 Å². The molecule has 0 aromatic heterocycles. The predicted octanol–water partition coefficient (Wildman–Crippen LogP) is 0.887. The predicted molar refractivity (Wildman–Crippen MR) is 79.2 cm³/mol. The van der Waals surface area contributed by atoms with Crippen LogP contribution in [0.5, 0.6) is 0 Å². The third-order valence-electron chi connectivity index (χ3n) is 2.84. The molecule has 0 radical (unpaired) electrons. The number of rotatable bonds is 9. The van der Waals surface area contributed by atoms with E-state index in [-0.39, 0.29) is 5.91 Å². The third-order valence-corrected chi connectivity index (χ3v) is 2.84. The van der Waals surface area contributed by atoms with Crippen molar-refractivity contribution < 1.29 is 4.79 Å². The van der Waals surface area contributed by atoms with Crippen molar-refractivity contribution in [2.45, 2.75) is 12.8 Å². The summed E-state index contributed by atoms with van der Waals surface area (Å²) in [6, 6.07) is 10.4. The maximum Gasteiger partial charge on any atom is 0.221 e. The minimum atomic E-state index is 0.120. The van der Waals surface area contributed by atoms with Crippen molar-refractivity contribution >= 4 is 5.91 Å². The number of nitrogens with zero attached hydrogens (tertiary/aromatic N) is 1. The molecule has 1 aromatic rings. The maximum absolute atomic E-state index is 11.5. The fourth-order valence-corrected chi connectivity index (χ4v) is 1.71. The number of likely N-dealkylation sites (N-methyl/N-ethyl adjacent to an activating group) is 1. The summed E-state index contributed by atoms with van der Waals surface area (Å²) in [6.07, 6.45) is 1.55. The minimum Gasteiger partial charge on any atom is -0.355 e. The lowest BCUT2D eigenvalue weighted by Gasteiger charge is -2.10. The van der Waals surface area contributed by atoms with Gasteiger partial charge in [0.2, 0.25) is 5.91 Å². The van der Waals surface area contributed by atoms with Gasteiger partial charge in [-0.05, 0) is 32.6 Å². The summed E-state index contributed by atoms with van der Waals surface area (Å²) in [7, 11) is 3.99. The second kappa shape index (κ2) is 9.53. The lowest BCUT2D eigenvalue weighted by Crippen LogP contribution is -2.33. The summed E-state index contributed by atoms with van der Waals surface area (Å²) in [5.74, 6) is 0.120. The molecule has 19 heavy (non-hydrogen) atoms. The van der Waals surface area contributed by atoms with E-state index in [1.54, 1.807) is 0 Å². The van der Waals surface area contributed by atoms with E-state index in [2.05, 4.69) is 27.7 Å². The summed E-state index contributed by atoms with van der Waals surface area (Å²) < 4.78 is 0. The summed E-state index contributed by atoms with van der Waals surface area (Å²) in [6.45, 7) is 3.25. The quantitative estimate of drug-likeness (QED) is 0.650. The van der Waals surface area contributed by atoms with E-state index >= 15 is 0 Å². The Labute approximate surface area is 116 Å². The monoisotopic (exact) mass is 263 g/mol. The van der Waals surface area contributed by atoms with Crippen molar-refractivity contribution in [3.8, 4) is 0 Å². The van der Waals surface area contributed by atoms with E-state index in [0.717, 1.165) is 32.6 Å². The van der Waals surface area contributed by atoms with Crippen LogP contribution in [0.3, 0.4) is 0 Å². The van der Waals surface area contributed by atoms with Crippen LogP contribution in [0, 0.1) is 0 Å². The van der Waals surface area contributed by atoms with Gasteiger partial charge in [0, 0.05) is 26.1 Å². The van der Waals surface area contributed by atoms with Gasteiger partial charge < -0.3 is 15.5 Å². The van der Waals surface area contributed by atoms with Gasteiger partial charge in [-0.2, -0.15) is 0 Å². The Bertz CT molecular complexity index is 352. The van der Waals surface area contributed by atoms with Crippen LogP contribution in [0.25, 0.3) is 0 Å². The van der Waals surface area contributed by atoms with Crippen LogP contribution in [0.2, 0.25) is 0 Å². The number of hydrogen-bond acceptors (Lipinski definition) is 3. The summed E-state index contributed by atoms with van der Waals surface area (Å²) in [5, 5.41) is 6.19. The van der Waals surface area contributed by atoms with E-state index < -0.39 is 0 Å². The highest BCUT2D eigenvalue weighted by Crippen LogP contribution is 1.97. The highest BCUT2D eigenvalue weighted by molar-refractivity contribution is 5.76. The highest BCUT2D eigenvalue weighted by Gasteiger charge is 2.00. The molecule has 2 N–H and O–H groups in total.